The molecule has 25 heavy (non-hydrogen) atoms. The largest absolute Gasteiger partial charge is 0.494 e. The zero-order valence-electron chi connectivity index (χ0n) is 14.3. The van der Waals surface area contributed by atoms with Crippen molar-refractivity contribution < 1.29 is 18.7 Å². The van der Waals surface area contributed by atoms with Gasteiger partial charge in [0.05, 0.1) is 12.3 Å². The Morgan fingerprint density at radius 1 is 1.12 bits per heavy atom. The van der Waals surface area contributed by atoms with Crippen LogP contribution in [0.15, 0.2) is 42.5 Å². The minimum atomic E-state index is -0.558. The van der Waals surface area contributed by atoms with Crippen molar-refractivity contribution in [3.05, 3.63) is 53.8 Å². The van der Waals surface area contributed by atoms with Gasteiger partial charge in [-0.2, -0.15) is 0 Å². The summed E-state index contributed by atoms with van der Waals surface area (Å²) in [6.07, 6.45) is 0.670. The molecule has 2 amide bonds. The first-order valence-electron chi connectivity index (χ1n) is 8.07. The van der Waals surface area contributed by atoms with Gasteiger partial charge in [0.1, 0.15) is 11.6 Å². The normalized spacial score (nSPS) is 10.2. The van der Waals surface area contributed by atoms with Crippen LogP contribution in [0.2, 0.25) is 0 Å². The first kappa shape index (κ1) is 18.4. The number of carbonyl (C=O) groups excluding carboxylic acids is 2. The van der Waals surface area contributed by atoms with Gasteiger partial charge in [0.2, 0.25) is 11.8 Å². The molecular weight excluding hydrogens is 323 g/mol. The molecule has 0 unspecified atom stereocenters. The van der Waals surface area contributed by atoms with Crippen LogP contribution < -0.4 is 15.4 Å². The monoisotopic (exact) mass is 344 g/mol. The van der Waals surface area contributed by atoms with Gasteiger partial charge in [-0.3, -0.25) is 9.59 Å². The highest BCUT2D eigenvalue weighted by atomic mass is 19.1. The summed E-state index contributed by atoms with van der Waals surface area (Å²) in [7, 11) is 0. The highest BCUT2D eigenvalue weighted by molar-refractivity contribution is 5.93. The lowest BCUT2D eigenvalue weighted by Gasteiger charge is -2.11. The minimum Gasteiger partial charge on any atom is -0.494 e. The molecule has 2 rings (SSSR count). The van der Waals surface area contributed by atoms with Gasteiger partial charge in [0.25, 0.3) is 0 Å². The lowest BCUT2D eigenvalue weighted by atomic mass is 10.1. The van der Waals surface area contributed by atoms with Gasteiger partial charge in [-0.05, 0) is 43.2 Å². The van der Waals surface area contributed by atoms with E-state index in [-0.39, 0.29) is 23.9 Å². The number of aryl methyl sites for hydroxylation is 1. The smallest absolute Gasteiger partial charge is 0.224 e. The van der Waals surface area contributed by atoms with Crippen LogP contribution >= 0.6 is 0 Å². The molecule has 0 heterocycles. The van der Waals surface area contributed by atoms with Gasteiger partial charge < -0.3 is 15.4 Å². The standard InChI is InChI=1S/C19H21FN2O3/c1-3-25-18-7-5-4-6-14(18)8-11-19(24)22-17-12-15(21-13(2)23)9-10-16(17)20/h4-7,9-10,12H,3,8,11H2,1-2H3,(H,21,23)(H,22,24). The predicted molar refractivity (Wildman–Crippen MR) is 95.3 cm³/mol. The molecule has 5 nitrogen and oxygen atoms in total. The maximum atomic E-state index is 13.8. The summed E-state index contributed by atoms with van der Waals surface area (Å²) in [4.78, 5) is 23.2. The van der Waals surface area contributed by atoms with Crippen molar-refractivity contribution in [3.8, 4) is 5.75 Å². The van der Waals surface area contributed by atoms with Crippen LogP contribution in [0.3, 0.4) is 0 Å². The molecule has 0 bridgehead atoms. The number of ether oxygens (including phenoxy) is 1. The van der Waals surface area contributed by atoms with E-state index in [0.717, 1.165) is 11.3 Å². The summed E-state index contributed by atoms with van der Waals surface area (Å²) in [6, 6.07) is 11.5. The Hall–Kier alpha value is -2.89. The van der Waals surface area contributed by atoms with Gasteiger partial charge in [0.15, 0.2) is 0 Å². The van der Waals surface area contributed by atoms with Crippen LogP contribution in [0.1, 0.15) is 25.8 Å². The molecule has 0 aromatic heterocycles. The molecule has 2 aromatic rings. The second-order valence-electron chi connectivity index (χ2n) is 5.46. The van der Waals surface area contributed by atoms with Crippen molar-refractivity contribution in [1.29, 1.82) is 0 Å². The molecule has 0 spiro atoms. The van der Waals surface area contributed by atoms with Gasteiger partial charge >= 0.3 is 0 Å². The summed E-state index contributed by atoms with van der Waals surface area (Å²) in [5.74, 6) is -0.393. The fraction of sp³-hybridized carbons (Fsp3) is 0.263. The maximum absolute atomic E-state index is 13.8. The van der Waals surface area contributed by atoms with Gasteiger partial charge in [-0.1, -0.05) is 18.2 Å². The average molecular weight is 344 g/mol. The van der Waals surface area contributed by atoms with E-state index in [9.17, 15) is 14.0 Å². The SMILES string of the molecule is CCOc1ccccc1CCC(=O)Nc1cc(NC(C)=O)ccc1F. The summed E-state index contributed by atoms with van der Waals surface area (Å²) in [6.45, 7) is 3.80. The summed E-state index contributed by atoms with van der Waals surface area (Å²) < 4.78 is 19.4. The number of carbonyl (C=O) groups is 2. The third-order valence-corrected chi connectivity index (χ3v) is 3.45. The molecule has 6 heteroatoms. The van der Waals surface area contributed by atoms with Crippen LogP contribution in [-0.4, -0.2) is 18.4 Å². The van der Waals surface area contributed by atoms with E-state index in [1.165, 1.54) is 25.1 Å². The lowest BCUT2D eigenvalue weighted by Crippen LogP contribution is -2.14. The zero-order valence-corrected chi connectivity index (χ0v) is 14.3. The number of halogens is 1. The van der Waals surface area contributed by atoms with Crippen LogP contribution in [0.25, 0.3) is 0 Å². The number of para-hydroxylation sites is 1. The Morgan fingerprint density at radius 3 is 2.60 bits per heavy atom. The third-order valence-electron chi connectivity index (χ3n) is 3.45. The fourth-order valence-corrected chi connectivity index (χ4v) is 2.37. The summed E-state index contributed by atoms with van der Waals surface area (Å²) in [5.41, 5.74) is 1.38. The number of benzene rings is 2. The van der Waals surface area contributed by atoms with E-state index in [0.29, 0.717) is 18.7 Å². The molecule has 0 aliphatic carbocycles. The fourth-order valence-electron chi connectivity index (χ4n) is 2.37. The third kappa shape index (κ3) is 5.60. The first-order chi connectivity index (χ1) is 12.0. The van der Waals surface area contributed by atoms with Gasteiger partial charge in [-0.25, -0.2) is 4.39 Å². The molecule has 0 radical (unpaired) electrons. The summed E-state index contributed by atoms with van der Waals surface area (Å²) in [5, 5.41) is 5.09. The van der Waals surface area contributed by atoms with E-state index in [4.69, 9.17) is 4.74 Å². The molecule has 0 saturated heterocycles. The van der Waals surface area contributed by atoms with Crippen molar-refractivity contribution in [1.82, 2.24) is 0 Å². The Balaban J connectivity index is 2.00. The molecule has 0 aliphatic rings. The molecule has 0 saturated carbocycles. The van der Waals surface area contributed by atoms with Crippen LogP contribution in [0, 0.1) is 5.82 Å². The Morgan fingerprint density at radius 2 is 1.88 bits per heavy atom. The van der Waals surface area contributed by atoms with E-state index >= 15 is 0 Å². The van der Waals surface area contributed by atoms with E-state index in [2.05, 4.69) is 10.6 Å². The van der Waals surface area contributed by atoms with Crippen LogP contribution in [0.4, 0.5) is 15.8 Å². The molecule has 0 fully saturated rings. The highest BCUT2D eigenvalue weighted by Gasteiger charge is 2.10. The number of amides is 2. The number of hydrogen-bond donors (Lipinski definition) is 2. The molecular formula is C19H21FN2O3. The van der Waals surface area contributed by atoms with Crippen molar-refractivity contribution in [3.63, 3.8) is 0 Å². The molecule has 2 N–H and O–H groups in total. The minimum absolute atomic E-state index is 0.0364. The van der Waals surface area contributed by atoms with E-state index in [1.807, 2.05) is 31.2 Å². The van der Waals surface area contributed by atoms with E-state index < -0.39 is 5.82 Å². The first-order valence-corrected chi connectivity index (χ1v) is 8.07. The number of hydrogen-bond acceptors (Lipinski definition) is 3. The van der Waals surface area contributed by atoms with Crippen molar-refractivity contribution in [2.75, 3.05) is 17.2 Å². The highest BCUT2D eigenvalue weighted by Crippen LogP contribution is 2.22. The maximum Gasteiger partial charge on any atom is 0.224 e. The van der Waals surface area contributed by atoms with Gasteiger partial charge in [-0.15, -0.1) is 0 Å². The Labute approximate surface area is 146 Å². The van der Waals surface area contributed by atoms with Crippen molar-refractivity contribution in [2.45, 2.75) is 26.7 Å². The Kier molecular flexibility index (Phi) is 6.51. The predicted octanol–water partition coefficient (Wildman–Crippen LogP) is 3.75. The van der Waals surface area contributed by atoms with E-state index in [1.54, 1.807) is 0 Å². The number of rotatable bonds is 7. The van der Waals surface area contributed by atoms with Crippen LogP contribution in [-0.2, 0) is 16.0 Å². The number of nitrogens with one attached hydrogen (secondary N) is 2. The molecule has 0 atom stereocenters. The number of anilines is 2. The molecule has 0 aliphatic heterocycles. The molecule has 132 valence electrons. The van der Waals surface area contributed by atoms with Crippen molar-refractivity contribution >= 4 is 23.2 Å². The quantitative estimate of drug-likeness (QED) is 0.804. The topological polar surface area (TPSA) is 67.4 Å². The second kappa shape index (κ2) is 8.82. The van der Waals surface area contributed by atoms with Crippen LogP contribution in [0.5, 0.6) is 5.75 Å². The summed E-state index contributed by atoms with van der Waals surface area (Å²) >= 11 is 0. The Bertz CT molecular complexity index is 762. The van der Waals surface area contributed by atoms with Gasteiger partial charge in [0, 0.05) is 19.0 Å². The average Bonchev–Trinajstić information content (AvgIpc) is 2.57. The second-order valence-corrected chi connectivity index (χ2v) is 5.46. The lowest BCUT2D eigenvalue weighted by molar-refractivity contribution is -0.116. The molecule has 2 aromatic carbocycles. The van der Waals surface area contributed by atoms with Crippen molar-refractivity contribution in [2.24, 2.45) is 0 Å². The zero-order chi connectivity index (χ0) is 18.2.